The molecule has 0 radical (unpaired) electrons. The Hall–Kier alpha value is -2.70. The van der Waals surface area contributed by atoms with Gasteiger partial charge in [0.25, 0.3) is 5.56 Å². The van der Waals surface area contributed by atoms with Crippen molar-refractivity contribution in [3.63, 3.8) is 0 Å². The fraction of sp³-hybridized carbons (Fsp3) is 0.333. The third-order valence-electron chi connectivity index (χ3n) is 5.27. The first-order valence-corrected chi connectivity index (χ1v) is 10.6. The van der Waals surface area contributed by atoms with Crippen LogP contribution in [0.25, 0.3) is 10.9 Å². The molecule has 3 rings (SSSR count). The Kier molecular flexibility index (Phi) is 7.24. The minimum atomic E-state index is -0.0643. The van der Waals surface area contributed by atoms with E-state index in [0.29, 0.717) is 17.2 Å². The molecule has 3 aromatic rings. The summed E-state index contributed by atoms with van der Waals surface area (Å²) in [5.74, 6) is 0. The van der Waals surface area contributed by atoms with Crippen LogP contribution in [0.2, 0.25) is 0 Å². The molecule has 0 fully saturated rings. The van der Waals surface area contributed by atoms with Crippen molar-refractivity contribution in [2.24, 2.45) is 0 Å². The number of thiocarbonyl (C=S) groups is 1. The van der Waals surface area contributed by atoms with Gasteiger partial charge in [0.2, 0.25) is 0 Å². The number of benzene rings is 2. The van der Waals surface area contributed by atoms with E-state index < -0.39 is 0 Å². The third kappa shape index (κ3) is 5.46. The lowest BCUT2D eigenvalue weighted by Gasteiger charge is -2.29. The van der Waals surface area contributed by atoms with Gasteiger partial charge in [-0.2, -0.15) is 0 Å². The normalized spacial score (nSPS) is 12.2. The van der Waals surface area contributed by atoms with E-state index in [4.69, 9.17) is 12.2 Å². The van der Waals surface area contributed by atoms with Crippen LogP contribution >= 0.6 is 12.2 Å². The van der Waals surface area contributed by atoms with Gasteiger partial charge in [-0.15, -0.1) is 0 Å². The van der Waals surface area contributed by atoms with Crippen molar-refractivity contribution < 1.29 is 0 Å². The topological polar surface area (TPSA) is 51.4 Å². The van der Waals surface area contributed by atoms with Crippen molar-refractivity contribution in [1.82, 2.24) is 20.1 Å². The number of nitrogens with one attached hydrogen (secondary N) is 2. The van der Waals surface area contributed by atoms with Crippen LogP contribution in [0.3, 0.4) is 0 Å². The first-order valence-electron chi connectivity index (χ1n) is 10.2. The molecule has 0 saturated carbocycles. The van der Waals surface area contributed by atoms with Gasteiger partial charge >= 0.3 is 0 Å². The quantitative estimate of drug-likeness (QED) is 0.567. The lowest BCUT2D eigenvalue weighted by Crippen LogP contribution is -2.44. The molecule has 0 spiro atoms. The maximum atomic E-state index is 12.8. The molecule has 0 aliphatic carbocycles. The zero-order valence-electron chi connectivity index (χ0n) is 18.1. The summed E-state index contributed by atoms with van der Waals surface area (Å²) in [6.45, 7) is 6.13. The summed E-state index contributed by atoms with van der Waals surface area (Å²) >= 11 is 5.75. The van der Waals surface area contributed by atoms with E-state index in [1.54, 1.807) is 0 Å². The average molecular weight is 423 g/mol. The van der Waals surface area contributed by atoms with E-state index in [1.165, 1.54) is 5.56 Å². The summed E-state index contributed by atoms with van der Waals surface area (Å²) in [4.78, 5) is 20.0. The maximum absolute atomic E-state index is 12.8. The molecule has 30 heavy (non-hydrogen) atoms. The highest BCUT2D eigenvalue weighted by atomic mass is 32.1. The molecule has 0 aliphatic rings. The van der Waals surface area contributed by atoms with Crippen LogP contribution in [0.15, 0.2) is 59.4 Å². The standard InChI is InChI=1S/C24H30N4OS/c1-17-9-8-12-20-15-21(23(29)26-22(17)20)16-28(14-13-27(3)4)24(30)25-18(2)19-10-6-5-7-11-19/h5-12,15,18H,13-14,16H2,1-4H3,(H,25,30)(H,26,29). The summed E-state index contributed by atoms with van der Waals surface area (Å²) < 4.78 is 0. The number of nitrogens with zero attached hydrogens (tertiary/aromatic N) is 2. The Morgan fingerprint density at radius 3 is 2.53 bits per heavy atom. The molecule has 0 aliphatic heterocycles. The largest absolute Gasteiger partial charge is 0.356 e. The fourth-order valence-corrected chi connectivity index (χ4v) is 3.76. The number of rotatable bonds is 7. The summed E-state index contributed by atoms with van der Waals surface area (Å²) in [7, 11) is 4.07. The van der Waals surface area contributed by atoms with Gasteiger partial charge in [-0.25, -0.2) is 0 Å². The summed E-state index contributed by atoms with van der Waals surface area (Å²) in [6, 6.07) is 18.3. The Bertz CT molecular complexity index is 1060. The Labute approximate surface area is 183 Å². The molecule has 1 unspecified atom stereocenters. The fourth-order valence-electron chi connectivity index (χ4n) is 3.43. The monoisotopic (exact) mass is 422 g/mol. The van der Waals surface area contributed by atoms with Crippen LogP contribution in [0.4, 0.5) is 0 Å². The minimum absolute atomic E-state index is 0.0643. The number of hydrogen-bond donors (Lipinski definition) is 2. The first kappa shape index (κ1) is 22.0. The molecule has 0 bridgehead atoms. The number of H-pyrrole nitrogens is 1. The Morgan fingerprint density at radius 2 is 1.83 bits per heavy atom. The van der Waals surface area contributed by atoms with Crippen LogP contribution in [-0.2, 0) is 6.54 Å². The van der Waals surface area contributed by atoms with Crippen molar-refractivity contribution in [3.05, 3.63) is 81.6 Å². The van der Waals surface area contributed by atoms with Gasteiger partial charge in [-0.3, -0.25) is 4.79 Å². The molecule has 6 heteroatoms. The van der Waals surface area contributed by atoms with Gasteiger partial charge < -0.3 is 20.1 Å². The Balaban J connectivity index is 1.83. The summed E-state index contributed by atoms with van der Waals surface area (Å²) in [5.41, 5.74) is 3.78. The Morgan fingerprint density at radius 1 is 1.10 bits per heavy atom. The van der Waals surface area contributed by atoms with E-state index in [9.17, 15) is 4.79 Å². The number of aromatic amines is 1. The lowest BCUT2D eigenvalue weighted by molar-refractivity contribution is 0.320. The second-order valence-corrected chi connectivity index (χ2v) is 8.36. The molecule has 158 valence electrons. The second kappa shape index (κ2) is 9.87. The van der Waals surface area contributed by atoms with Crippen molar-refractivity contribution >= 4 is 28.2 Å². The molecule has 0 amide bonds. The number of likely N-dealkylation sites (N-methyl/N-ethyl adjacent to an activating group) is 1. The number of aryl methyl sites for hydroxylation is 1. The molecule has 2 aromatic carbocycles. The van der Waals surface area contributed by atoms with E-state index in [1.807, 2.05) is 63.5 Å². The van der Waals surface area contributed by atoms with Crippen LogP contribution in [0.1, 0.15) is 29.7 Å². The number of aromatic nitrogens is 1. The molecule has 2 N–H and O–H groups in total. The van der Waals surface area contributed by atoms with Gasteiger partial charge in [0.1, 0.15) is 0 Å². The predicted octanol–water partition coefficient (Wildman–Crippen LogP) is 3.84. The number of pyridine rings is 1. The zero-order valence-corrected chi connectivity index (χ0v) is 18.9. The van der Waals surface area contributed by atoms with Crippen LogP contribution < -0.4 is 10.9 Å². The van der Waals surface area contributed by atoms with Crippen molar-refractivity contribution in [1.29, 1.82) is 0 Å². The van der Waals surface area contributed by atoms with Gasteiger partial charge in [-0.1, -0.05) is 48.5 Å². The van der Waals surface area contributed by atoms with Gasteiger partial charge in [0, 0.05) is 18.7 Å². The average Bonchev–Trinajstić information content (AvgIpc) is 2.72. The smallest absolute Gasteiger partial charge is 0.253 e. The molecule has 1 heterocycles. The van der Waals surface area contributed by atoms with E-state index >= 15 is 0 Å². The number of fused-ring (bicyclic) bond motifs is 1. The van der Waals surface area contributed by atoms with Gasteiger partial charge in [0.15, 0.2) is 5.11 Å². The van der Waals surface area contributed by atoms with Crippen LogP contribution in [-0.4, -0.2) is 47.1 Å². The molecule has 5 nitrogen and oxygen atoms in total. The van der Waals surface area contributed by atoms with E-state index in [2.05, 4.69) is 39.2 Å². The molecule has 1 aromatic heterocycles. The van der Waals surface area contributed by atoms with Crippen LogP contribution in [0, 0.1) is 6.92 Å². The molecular weight excluding hydrogens is 392 g/mol. The van der Waals surface area contributed by atoms with E-state index in [0.717, 1.165) is 29.6 Å². The van der Waals surface area contributed by atoms with Gasteiger partial charge in [-0.05, 0) is 62.7 Å². The highest BCUT2D eigenvalue weighted by Gasteiger charge is 2.16. The molecule has 1 atom stereocenters. The van der Waals surface area contributed by atoms with Crippen molar-refractivity contribution in [2.75, 3.05) is 27.2 Å². The van der Waals surface area contributed by atoms with Crippen molar-refractivity contribution in [3.8, 4) is 0 Å². The number of para-hydroxylation sites is 1. The van der Waals surface area contributed by atoms with Gasteiger partial charge in [0.05, 0.1) is 18.1 Å². The summed E-state index contributed by atoms with van der Waals surface area (Å²) in [5, 5.41) is 5.12. The third-order valence-corrected chi connectivity index (χ3v) is 5.65. The molecular formula is C24H30N4OS. The highest BCUT2D eigenvalue weighted by Crippen LogP contribution is 2.17. The van der Waals surface area contributed by atoms with Crippen molar-refractivity contribution in [2.45, 2.75) is 26.4 Å². The first-order chi connectivity index (χ1) is 14.3. The lowest BCUT2D eigenvalue weighted by atomic mass is 10.1. The zero-order chi connectivity index (χ0) is 21.7. The summed E-state index contributed by atoms with van der Waals surface area (Å²) in [6.07, 6.45) is 0. The second-order valence-electron chi connectivity index (χ2n) is 7.97. The predicted molar refractivity (Wildman–Crippen MR) is 129 cm³/mol. The highest BCUT2D eigenvalue weighted by molar-refractivity contribution is 7.80. The maximum Gasteiger partial charge on any atom is 0.253 e. The SMILES string of the molecule is Cc1cccc2cc(CN(CCN(C)C)C(=S)NC(C)c3ccccc3)c(=O)[nH]c12. The molecule has 0 saturated heterocycles. The minimum Gasteiger partial charge on any atom is -0.356 e. The van der Waals surface area contributed by atoms with E-state index in [-0.39, 0.29) is 11.6 Å². The van der Waals surface area contributed by atoms with Crippen LogP contribution in [0.5, 0.6) is 0 Å². The number of hydrogen-bond acceptors (Lipinski definition) is 3.